The second kappa shape index (κ2) is 10.5. The largest absolute Gasteiger partial charge is 0.487 e. The Bertz CT molecular complexity index is 1450. The minimum atomic E-state index is -2.80. The summed E-state index contributed by atoms with van der Waals surface area (Å²) >= 11 is 6.67. The van der Waals surface area contributed by atoms with E-state index in [1.54, 1.807) is 28.9 Å². The van der Waals surface area contributed by atoms with Gasteiger partial charge in [-0.05, 0) is 62.1 Å². The summed E-state index contributed by atoms with van der Waals surface area (Å²) in [5.41, 5.74) is -0.166. The van der Waals surface area contributed by atoms with Gasteiger partial charge in [0, 0.05) is 43.7 Å². The molecule has 3 atom stereocenters. The van der Waals surface area contributed by atoms with Crippen molar-refractivity contribution < 1.29 is 33.0 Å². The number of hydrogen-bond acceptors (Lipinski definition) is 6. The number of alkyl halides is 2. The molecular weight excluding hydrogens is 572 g/mol. The van der Waals surface area contributed by atoms with Crippen LogP contribution in [-0.4, -0.2) is 67.3 Å². The lowest BCUT2D eigenvalue weighted by Crippen LogP contribution is -2.50. The van der Waals surface area contributed by atoms with E-state index in [4.69, 9.17) is 16.3 Å². The van der Waals surface area contributed by atoms with Crippen molar-refractivity contribution in [2.75, 3.05) is 19.6 Å². The number of hydrogen-bond donors (Lipinski definition) is 1. The van der Waals surface area contributed by atoms with E-state index >= 15 is 0 Å². The molecule has 42 heavy (non-hydrogen) atoms. The van der Waals surface area contributed by atoms with Gasteiger partial charge in [0.2, 0.25) is 11.8 Å². The van der Waals surface area contributed by atoms with E-state index in [-0.39, 0.29) is 41.8 Å². The molecule has 1 aromatic heterocycles. The summed E-state index contributed by atoms with van der Waals surface area (Å²) in [6, 6.07) is 2.67. The van der Waals surface area contributed by atoms with Gasteiger partial charge in [-0.2, -0.15) is 0 Å². The number of amides is 2. The van der Waals surface area contributed by atoms with Gasteiger partial charge in [-0.3, -0.25) is 14.4 Å². The monoisotopic (exact) mass is 605 g/mol. The Morgan fingerprint density at radius 2 is 2.02 bits per heavy atom. The molecule has 1 aromatic carbocycles. The number of fused-ring (bicyclic) bond motifs is 1. The summed E-state index contributed by atoms with van der Waals surface area (Å²) in [6.45, 7) is 2.46. The molecule has 2 amide bonds. The summed E-state index contributed by atoms with van der Waals surface area (Å²) in [4.78, 5) is 43.1. The Kier molecular flexibility index (Phi) is 7.18. The molecular formula is C29H34ClF2N5O5. The summed E-state index contributed by atoms with van der Waals surface area (Å²) < 4.78 is 34.5. The van der Waals surface area contributed by atoms with Gasteiger partial charge < -0.3 is 19.6 Å². The Hall–Kier alpha value is -3.28. The highest BCUT2D eigenvalue weighted by atomic mass is 35.5. The topological polar surface area (TPSA) is 118 Å². The van der Waals surface area contributed by atoms with Crippen molar-refractivity contribution in [3.05, 3.63) is 39.7 Å². The van der Waals surface area contributed by atoms with Crippen LogP contribution in [0.25, 0.3) is 0 Å². The van der Waals surface area contributed by atoms with Crippen LogP contribution < -0.4 is 4.74 Å². The van der Waals surface area contributed by atoms with Gasteiger partial charge in [-0.15, -0.1) is 5.10 Å². The number of carbonyl (C=O) groups is 3. The third kappa shape index (κ3) is 4.81. The van der Waals surface area contributed by atoms with E-state index < -0.39 is 29.8 Å². The third-order valence-electron chi connectivity index (χ3n) is 9.87. The second-order valence-electron chi connectivity index (χ2n) is 12.5. The third-order valence-corrected chi connectivity index (χ3v) is 10.2. The Labute approximate surface area is 246 Å². The van der Waals surface area contributed by atoms with Gasteiger partial charge in [0.1, 0.15) is 23.7 Å². The zero-order valence-corrected chi connectivity index (χ0v) is 24.4. The van der Waals surface area contributed by atoms with Gasteiger partial charge in [0.15, 0.2) is 0 Å². The second-order valence-corrected chi connectivity index (χ2v) is 12.9. The smallest absolute Gasteiger partial charge is 0.310 e. The number of carboxylic acids is 1. The zero-order chi connectivity index (χ0) is 30.0. The lowest BCUT2D eigenvalue weighted by Gasteiger charge is -2.42. The molecule has 0 radical (unpaired) electrons. The van der Waals surface area contributed by atoms with Crippen LogP contribution in [0.3, 0.4) is 0 Å². The van der Waals surface area contributed by atoms with Crippen LogP contribution in [0.15, 0.2) is 12.1 Å². The number of nitrogens with zero attached hydrogens (tertiary/aromatic N) is 5. The maximum atomic E-state index is 14.2. The molecule has 4 aliphatic rings. The van der Waals surface area contributed by atoms with Gasteiger partial charge >= 0.3 is 5.97 Å². The highest BCUT2D eigenvalue weighted by molar-refractivity contribution is 6.31. The van der Waals surface area contributed by atoms with Crippen LogP contribution in [0.4, 0.5) is 8.78 Å². The van der Waals surface area contributed by atoms with Crippen molar-refractivity contribution in [1.82, 2.24) is 24.8 Å². The number of likely N-dealkylation sites (tertiary alicyclic amines) is 1. The number of aliphatic carboxylic acids is 1. The molecule has 226 valence electrons. The fraction of sp³-hybridized carbons (Fsp3) is 0.621. The molecule has 2 aliphatic carbocycles. The standard InChI is InChI=1S/C29H34ClF2N5O5/c1-28(27(40)41)8-3-4-17(28)26(39)37-11-7-16-18(30)5-6-21(42-14-19-24(25(31)32)35(2)34-33-19)23(16)20(37)13-36-15-29(9-10-29)12-22(36)38/h5-6,17,20,25H,3-4,7-15H2,1-2H3,(H,40,41)/t17-,20?,28-/m0/s1. The molecule has 1 spiro atoms. The molecule has 1 saturated heterocycles. The SMILES string of the molecule is Cn1nnc(COc2ccc(Cl)c3c2C(CN2CC4(CC4)CC2=O)N(C(=O)[C@@H]2CCC[C@]2(C)C(=O)O)CC3)c1C(F)F. The number of rotatable bonds is 8. The van der Waals surface area contributed by atoms with Crippen molar-refractivity contribution in [3.8, 4) is 5.75 Å². The molecule has 3 heterocycles. The Morgan fingerprint density at radius 1 is 1.26 bits per heavy atom. The molecule has 2 aliphatic heterocycles. The quantitative estimate of drug-likeness (QED) is 0.476. The number of halogens is 3. The van der Waals surface area contributed by atoms with Crippen molar-refractivity contribution in [3.63, 3.8) is 0 Å². The molecule has 1 N–H and O–H groups in total. The van der Waals surface area contributed by atoms with Crippen molar-refractivity contribution in [2.24, 2.45) is 23.8 Å². The van der Waals surface area contributed by atoms with Crippen LogP contribution in [-0.2, 0) is 34.5 Å². The maximum absolute atomic E-state index is 14.2. The number of carbonyl (C=O) groups excluding carboxylic acids is 2. The molecule has 10 nitrogen and oxygen atoms in total. The summed E-state index contributed by atoms with van der Waals surface area (Å²) in [5, 5.41) is 18.1. The molecule has 6 rings (SSSR count). The van der Waals surface area contributed by atoms with Gasteiger partial charge in [0.05, 0.1) is 17.4 Å². The first-order chi connectivity index (χ1) is 19.9. The average molecular weight is 606 g/mol. The van der Waals surface area contributed by atoms with Crippen molar-refractivity contribution in [1.29, 1.82) is 0 Å². The van der Waals surface area contributed by atoms with Crippen molar-refractivity contribution in [2.45, 2.75) is 70.9 Å². The predicted molar refractivity (Wildman–Crippen MR) is 146 cm³/mol. The fourth-order valence-corrected chi connectivity index (χ4v) is 7.43. The molecule has 2 aromatic rings. The lowest BCUT2D eigenvalue weighted by atomic mass is 9.78. The van der Waals surface area contributed by atoms with E-state index in [2.05, 4.69) is 10.3 Å². The fourth-order valence-electron chi connectivity index (χ4n) is 7.17. The van der Waals surface area contributed by atoms with E-state index in [0.29, 0.717) is 61.5 Å². The summed E-state index contributed by atoms with van der Waals surface area (Å²) in [7, 11) is 1.38. The summed E-state index contributed by atoms with van der Waals surface area (Å²) in [5.74, 6) is -1.60. The zero-order valence-electron chi connectivity index (χ0n) is 23.6. The summed E-state index contributed by atoms with van der Waals surface area (Å²) in [6.07, 6.45) is 1.56. The highest BCUT2D eigenvalue weighted by Gasteiger charge is 2.54. The average Bonchev–Trinajstić information content (AvgIpc) is 3.23. The van der Waals surface area contributed by atoms with Crippen LogP contribution in [0.1, 0.15) is 80.4 Å². The minimum Gasteiger partial charge on any atom is -0.487 e. The predicted octanol–water partition coefficient (Wildman–Crippen LogP) is 4.31. The number of aryl methyl sites for hydroxylation is 1. The maximum Gasteiger partial charge on any atom is 0.310 e. The number of carboxylic acid groups (broad SMARTS) is 1. The molecule has 2 saturated carbocycles. The minimum absolute atomic E-state index is 0.00205. The van der Waals surface area contributed by atoms with E-state index in [0.717, 1.165) is 23.1 Å². The highest BCUT2D eigenvalue weighted by Crippen LogP contribution is 2.54. The first-order valence-corrected chi connectivity index (χ1v) is 14.7. The van der Waals surface area contributed by atoms with Crippen molar-refractivity contribution >= 4 is 29.4 Å². The normalized spacial score (nSPS) is 26.3. The molecule has 0 bridgehead atoms. The van der Waals surface area contributed by atoms with E-state index in [9.17, 15) is 28.3 Å². The lowest BCUT2D eigenvalue weighted by molar-refractivity contribution is -0.157. The number of benzene rings is 1. The molecule has 1 unspecified atom stereocenters. The van der Waals surface area contributed by atoms with Crippen LogP contribution in [0.5, 0.6) is 5.75 Å². The first kappa shape index (κ1) is 28.8. The molecule has 3 fully saturated rings. The van der Waals surface area contributed by atoms with Crippen LogP contribution >= 0.6 is 11.6 Å². The van der Waals surface area contributed by atoms with Gasteiger partial charge in [-0.1, -0.05) is 23.2 Å². The molecule has 13 heteroatoms. The first-order valence-electron chi connectivity index (χ1n) is 14.4. The van der Waals surface area contributed by atoms with Gasteiger partial charge in [0.25, 0.3) is 6.43 Å². The number of ether oxygens (including phenoxy) is 1. The Balaban J connectivity index is 1.38. The van der Waals surface area contributed by atoms with E-state index in [1.165, 1.54) is 7.05 Å². The Morgan fingerprint density at radius 3 is 2.69 bits per heavy atom. The van der Waals surface area contributed by atoms with Crippen LogP contribution in [0, 0.1) is 16.7 Å². The van der Waals surface area contributed by atoms with Gasteiger partial charge in [-0.25, -0.2) is 13.5 Å². The van der Waals surface area contributed by atoms with Crippen LogP contribution in [0.2, 0.25) is 5.02 Å². The number of aromatic nitrogens is 3. The van der Waals surface area contributed by atoms with E-state index in [1.807, 2.05) is 0 Å².